The minimum atomic E-state index is -0.212. The third kappa shape index (κ3) is 4.49. The van der Waals surface area contributed by atoms with Gasteiger partial charge in [0.2, 0.25) is 5.91 Å². The van der Waals surface area contributed by atoms with Gasteiger partial charge in [-0.05, 0) is 30.2 Å². The molecule has 2 N–H and O–H groups in total. The summed E-state index contributed by atoms with van der Waals surface area (Å²) in [5.74, 6) is -0.217. The van der Waals surface area contributed by atoms with Crippen LogP contribution in [-0.4, -0.2) is 56.0 Å². The van der Waals surface area contributed by atoms with E-state index in [9.17, 15) is 9.59 Å². The van der Waals surface area contributed by atoms with E-state index in [1.54, 1.807) is 12.1 Å². The van der Waals surface area contributed by atoms with E-state index in [1.165, 1.54) is 4.90 Å². The van der Waals surface area contributed by atoms with E-state index >= 15 is 0 Å². The van der Waals surface area contributed by atoms with E-state index in [-0.39, 0.29) is 18.4 Å². The van der Waals surface area contributed by atoms with Crippen LogP contribution in [0.4, 0.5) is 0 Å². The van der Waals surface area contributed by atoms with Gasteiger partial charge in [-0.2, -0.15) is 0 Å². The number of quaternary nitrogens is 1. The zero-order valence-corrected chi connectivity index (χ0v) is 15.2. The van der Waals surface area contributed by atoms with Gasteiger partial charge in [0, 0.05) is 5.56 Å². The van der Waals surface area contributed by atoms with E-state index in [0.717, 1.165) is 43.9 Å². The Morgan fingerprint density at radius 1 is 0.962 bits per heavy atom. The molecule has 1 fully saturated rings. The van der Waals surface area contributed by atoms with Crippen molar-refractivity contribution >= 4 is 11.8 Å². The molecular formula is C21H26N3O2+. The summed E-state index contributed by atoms with van der Waals surface area (Å²) in [7, 11) is 0. The van der Waals surface area contributed by atoms with E-state index in [4.69, 9.17) is 0 Å². The van der Waals surface area contributed by atoms with Crippen LogP contribution in [0.15, 0.2) is 54.6 Å². The number of nitrogens with one attached hydrogen (secondary N) is 2. The first-order chi connectivity index (χ1) is 12.7. The van der Waals surface area contributed by atoms with Crippen LogP contribution in [0.5, 0.6) is 0 Å². The molecule has 1 saturated heterocycles. The predicted molar refractivity (Wildman–Crippen MR) is 102 cm³/mol. The van der Waals surface area contributed by atoms with Gasteiger partial charge in [0.1, 0.15) is 0 Å². The number of benzene rings is 2. The molecule has 5 heteroatoms. The summed E-state index contributed by atoms with van der Waals surface area (Å²) in [5, 5.41) is 2.74. The Kier molecular flexibility index (Phi) is 6.02. The number of hydrogen-bond acceptors (Lipinski definition) is 2. The molecule has 3 rings (SSSR count). The second kappa shape index (κ2) is 8.63. The van der Waals surface area contributed by atoms with Gasteiger partial charge >= 0.3 is 0 Å². The third-order valence-corrected chi connectivity index (χ3v) is 4.98. The molecule has 0 bridgehead atoms. The number of piperazine rings is 1. The predicted octanol–water partition coefficient (Wildman–Crippen LogP) is 0.830. The first kappa shape index (κ1) is 18.1. The Labute approximate surface area is 154 Å². The van der Waals surface area contributed by atoms with Crippen LogP contribution >= 0.6 is 0 Å². The monoisotopic (exact) mass is 352 g/mol. The number of carbonyl (C=O) groups is 2. The van der Waals surface area contributed by atoms with E-state index < -0.39 is 0 Å². The zero-order chi connectivity index (χ0) is 18.4. The number of rotatable bonds is 5. The number of hydrogen-bond donors (Lipinski definition) is 2. The summed E-state index contributed by atoms with van der Waals surface area (Å²) in [6, 6.07) is 17.5. The van der Waals surface area contributed by atoms with Gasteiger partial charge in [-0.1, -0.05) is 42.5 Å². The molecule has 2 aromatic rings. The second-order valence-electron chi connectivity index (χ2n) is 6.61. The van der Waals surface area contributed by atoms with Crippen LogP contribution < -0.4 is 10.2 Å². The van der Waals surface area contributed by atoms with E-state index in [2.05, 4.69) is 12.2 Å². The summed E-state index contributed by atoms with van der Waals surface area (Å²) in [5.41, 5.74) is 2.75. The Bertz CT molecular complexity index is 736. The molecule has 5 nitrogen and oxygen atoms in total. The summed E-state index contributed by atoms with van der Waals surface area (Å²) in [6.07, 6.45) is 0. The fourth-order valence-electron chi connectivity index (χ4n) is 3.24. The topological polar surface area (TPSA) is 53.9 Å². The van der Waals surface area contributed by atoms with Crippen LogP contribution in [0.3, 0.4) is 0 Å². The molecule has 1 heterocycles. The molecule has 0 radical (unpaired) electrons. The number of nitrogens with zero attached hydrogens (tertiary/aromatic N) is 1. The SMILES string of the molecule is CC[NH+]1CCN(C(=O)CNC(=O)c2ccc(-c3ccccc3)cc2)CC1. The van der Waals surface area contributed by atoms with Gasteiger partial charge < -0.3 is 15.1 Å². The zero-order valence-electron chi connectivity index (χ0n) is 15.2. The lowest BCUT2D eigenvalue weighted by atomic mass is 10.0. The van der Waals surface area contributed by atoms with Crippen molar-refractivity contribution in [3.8, 4) is 11.1 Å². The van der Waals surface area contributed by atoms with Gasteiger partial charge in [-0.15, -0.1) is 0 Å². The first-order valence-electron chi connectivity index (χ1n) is 9.22. The van der Waals surface area contributed by atoms with Crippen LogP contribution in [-0.2, 0) is 4.79 Å². The van der Waals surface area contributed by atoms with Crippen molar-refractivity contribution in [2.24, 2.45) is 0 Å². The average molecular weight is 352 g/mol. The Morgan fingerprint density at radius 2 is 1.58 bits per heavy atom. The highest BCUT2D eigenvalue weighted by atomic mass is 16.2. The van der Waals surface area contributed by atoms with Crippen LogP contribution in [0.25, 0.3) is 11.1 Å². The molecule has 0 saturated carbocycles. The van der Waals surface area contributed by atoms with Gasteiger partial charge in [-0.3, -0.25) is 9.59 Å². The highest BCUT2D eigenvalue weighted by molar-refractivity contribution is 5.96. The summed E-state index contributed by atoms with van der Waals surface area (Å²) in [4.78, 5) is 27.9. The minimum absolute atomic E-state index is 0.00518. The first-order valence-corrected chi connectivity index (χ1v) is 9.22. The van der Waals surface area contributed by atoms with Gasteiger partial charge in [0.25, 0.3) is 5.91 Å². The molecule has 1 aliphatic heterocycles. The largest absolute Gasteiger partial charge is 0.343 e. The van der Waals surface area contributed by atoms with Crippen molar-refractivity contribution in [2.75, 3.05) is 39.3 Å². The van der Waals surface area contributed by atoms with Crippen LogP contribution in [0.2, 0.25) is 0 Å². The lowest BCUT2D eigenvalue weighted by molar-refractivity contribution is -0.902. The Balaban J connectivity index is 1.51. The molecular weight excluding hydrogens is 326 g/mol. The Hall–Kier alpha value is -2.66. The molecule has 0 unspecified atom stereocenters. The van der Waals surface area contributed by atoms with Crippen molar-refractivity contribution < 1.29 is 14.5 Å². The molecule has 0 atom stereocenters. The van der Waals surface area contributed by atoms with Crippen molar-refractivity contribution in [1.82, 2.24) is 10.2 Å². The summed E-state index contributed by atoms with van der Waals surface area (Å²) in [6.45, 7) is 6.82. The normalized spacial score (nSPS) is 14.9. The number of likely N-dealkylation sites (N-methyl/N-ethyl adjacent to an activating group) is 1. The molecule has 1 aliphatic rings. The quantitative estimate of drug-likeness (QED) is 0.838. The third-order valence-electron chi connectivity index (χ3n) is 4.98. The van der Waals surface area contributed by atoms with Crippen molar-refractivity contribution in [3.05, 3.63) is 60.2 Å². The summed E-state index contributed by atoms with van der Waals surface area (Å²) < 4.78 is 0. The van der Waals surface area contributed by atoms with Crippen LogP contribution in [0, 0.1) is 0 Å². The lowest BCUT2D eigenvalue weighted by Crippen LogP contribution is -3.14. The molecule has 0 spiro atoms. The molecule has 2 amide bonds. The maximum atomic E-state index is 12.3. The molecule has 136 valence electrons. The standard InChI is InChI=1S/C21H25N3O2/c1-2-23-12-14-24(15-13-23)20(25)16-22-21(26)19-10-8-18(9-11-19)17-6-4-3-5-7-17/h3-11H,2,12-16H2,1H3,(H,22,26)/p+1. The van der Waals surface area contributed by atoms with Crippen molar-refractivity contribution in [1.29, 1.82) is 0 Å². The Morgan fingerprint density at radius 3 is 2.19 bits per heavy atom. The number of amides is 2. The van der Waals surface area contributed by atoms with Gasteiger partial charge in [0.05, 0.1) is 39.3 Å². The molecule has 2 aromatic carbocycles. The lowest BCUT2D eigenvalue weighted by Gasteiger charge is -2.31. The van der Waals surface area contributed by atoms with Crippen molar-refractivity contribution in [2.45, 2.75) is 6.92 Å². The molecule has 0 aromatic heterocycles. The van der Waals surface area contributed by atoms with E-state index in [1.807, 2.05) is 47.4 Å². The smallest absolute Gasteiger partial charge is 0.251 e. The number of carbonyl (C=O) groups excluding carboxylic acids is 2. The fraction of sp³-hybridized carbons (Fsp3) is 0.333. The highest BCUT2D eigenvalue weighted by Gasteiger charge is 2.22. The highest BCUT2D eigenvalue weighted by Crippen LogP contribution is 2.19. The average Bonchev–Trinajstić information content (AvgIpc) is 2.72. The molecule has 0 aliphatic carbocycles. The van der Waals surface area contributed by atoms with E-state index in [0.29, 0.717) is 5.56 Å². The maximum Gasteiger partial charge on any atom is 0.251 e. The van der Waals surface area contributed by atoms with Crippen molar-refractivity contribution in [3.63, 3.8) is 0 Å². The minimum Gasteiger partial charge on any atom is -0.343 e. The maximum absolute atomic E-state index is 12.3. The van der Waals surface area contributed by atoms with Gasteiger partial charge in [-0.25, -0.2) is 0 Å². The summed E-state index contributed by atoms with van der Waals surface area (Å²) >= 11 is 0. The van der Waals surface area contributed by atoms with Gasteiger partial charge in [0.15, 0.2) is 0 Å². The second-order valence-corrected chi connectivity index (χ2v) is 6.61. The molecule has 26 heavy (non-hydrogen) atoms. The fourth-order valence-corrected chi connectivity index (χ4v) is 3.24. The van der Waals surface area contributed by atoms with Crippen LogP contribution in [0.1, 0.15) is 17.3 Å².